The number of nitrogens with one attached hydrogen (secondary N) is 2. The van der Waals surface area contributed by atoms with Crippen molar-refractivity contribution in [2.75, 3.05) is 35.3 Å². The van der Waals surface area contributed by atoms with Gasteiger partial charge in [-0.2, -0.15) is 0 Å². The Morgan fingerprint density at radius 3 is 2.42 bits per heavy atom. The van der Waals surface area contributed by atoms with E-state index in [1.807, 2.05) is 13.0 Å². The van der Waals surface area contributed by atoms with Gasteiger partial charge in [0.15, 0.2) is 0 Å². The van der Waals surface area contributed by atoms with Crippen LogP contribution >= 0.6 is 0 Å². The van der Waals surface area contributed by atoms with Gasteiger partial charge in [-0.3, -0.25) is 19.4 Å². The van der Waals surface area contributed by atoms with E-state index in [2.05, 4.69) is 10.6 Å². The first-order valence-electron chi connectivity index (χ1n) is 10.4. The van der Waals surface area contributed by atoms with Crippen molar-refractivity contribution in [1.29, 1.82) is 0 Å². The molecule has 0 radical (unpaired) electrons. The molecule has 2 aromatic carbocycles. The number of urea groups is 1. The number of ether oxygens (including phenoxy) is 1. The zero-order valence-electron chi connectivity index (χ0n) is 18.3. The summed E-state index contributed by atoms with van der Waals surface area (Å²) >= 11 is 0. The van der Waals surface area contributed by atoms with Crippen molar-refractivity contribution in [2.24, 2.45) is 0 Å². The maximum Gasteiger partial charge on any atom is 0.326 e. The van der Waals surface area contributed by atoms with Crippen molar-refractivity contribution in [1.82, 2.24) is 5.32 Å². The molecule has 0 fully saturated rings. The summed E-state index contributed by atoms with van der Waals surface area (Å²) in [5.74, 6) is 1.37. The number of hydrogen-bond donors (Lipinski definition) is 2. The van der Waals surface area contributed by atoms with E-state index >= 15 is 0 Å². The fourth-order valence-electron chi connectivity index (χ4n) is 3.55. The number of methoxy groups -OCH3 is 1. The summed E-state index contributed by atoms with van der Waals surface area (Å²) in [7, 11) is 1.56. The molecule has 1 aliphatic rings. The minimum Gasteiger partial charge on any atom is -0.497 e. The maximum absolute atomic E-state index is 12.9. The molecule has 3 aromatic rings. The molecule has 0 aliphatic carbocycles. The lowest BCUT2D eigenvalue weighted by atomic mass is 10.1. The second-order valence-corrected chi connectivity index (χ2v) is 7.50. The highest BCUT2D eigenvalue weighted by Crippen LogP contribution is 2.33. The number of furan rings is 1. The summed E-state index contributed by atoms with van der Waals surface area (Å²) < 4.78 is 10.6. The monoisotopic (exact) mass is 448 g/mol. The topological polar surface area (TPSA) is 104 Å². The van der Waals surface area contributed by atoms with Crippen molar-refractivity contribution >= 4 is 34.9 Å². The Balaban J connectivity index is 1.46. The second kappa shape index (κ2) is 9.47. The Labute approximate surface area is 190 Å². The molecule has 2 N–H and O–H groups in total. The molecule has 0 bridgehead atoms. The lowest BCUT2D eigenvalue weighted by Gasteiger charge is -2.35. The first-order valence-corrected chi connectivity index (χ1v) is 10.4. The second-order valence-electron chi connectivity index (χ2n) is 7.50. The average molecular weight is 448 g/mol. The molecule has 4 amide bonds. The Morgan fingerprint density at radius 2 is 1.76 bits per heavy atom. The van der Waals surface area contributed by atoms with Crippen LogP contribution in [0, 0.1) is 6.92 Å². The van der Waals surface area contributed by atoms with Gasteiger partial charge in [0.05, 0.1) is 25.0 Å². The van der Waals surface area contributed by atoms with Crippen LogP contribution in [0.15, 0.2) is 65.1 Å². The van der Waals surface area contributed by atoms with Gasteiger partial charge >= 0.3 is 6.03 Å². The molecule has 0 saturated carbocycles. The Kier molecular flexibility index (Phi) is 6.30. The van der Waals surface area contributed by atoms with Crippen LogP contribution in [-0.4, -0.2) is 38.0 Å². The summed E-state index contributed by atoms with van der Waals surface area (Å²) in [5, 5.41) is 5.55. The van der Waals surface area contributed by atoms with E-state index in [1.165, 1.54) is 9.80 Å². The van der Waals surface area contributed by atoms with E-state index < -0.39 is 6.03 Å². The maximum atomic E-state index is 12.9. The molecule has 0 unspecified atom stereocenters. The number of carbonyl (C=O) groups is 3. The zero-order chi connectivity index (χ0) is 23.4. The van der Waals surface area contributed by atoms with Crippen molar-refractivity contribution < 1.29 is 23.5 Å². The highest BCUT2D eigenvalue weighted by Gasteiger charge is 2.33. The first kappa shape index (κ1) is 21.9. The van der Waals surface area contributed by atoms with E-state index in [4.69, 9.17) is 9.15 Å². The number of amides is 4. The third kappa shape index (κ3) is 4.98. The number of rotatable bonds is 6. The molecule has 1 aromatic heterocycles. The van der Waals surface area contributed by atoms with Gasteiger partial charge in [0, 0.05) is 5.69 Å². The molecule has 0 spiro atoms. The molecule has 0 saturated heterocycles. The minimum atomic E-state index is -0.446. The normalized spacial score (nSPS) is 12.8. The van der Waals surface area contributed by atoms with Gasteiger partial charge in [-0.05, 0) is 55.5 Å². The van der Waals surface area contributed by atoms with E-state index in [0.717, 1.165) is 5.76 Å². The predicted octanol–water partition coefficient (Wildman–Crippen LogP) is 3.30. The lowest BCUT2D eigenvalue weighted by Crippen LogP contribution is -2.51. The molecule has 0 atom stereocenters. The van der Waals surface area contributed by atoms with Gasteiger partial charge in [0.25, 0.3) is 0 Å². The van der Waals surface area contributed by atoms with Crippen LogP contribution in [0.3, 0.4) is 0 Å². The SMILES string of the molecule is COc1ccc(NC(=O)N2CC(=O)N(CC(=O)NCc3ccc(C)o3)c3ccccc32)cc1. The third-order valence-electron chi connectivity index (χ3n) is 5.20. The number of aryl methyl sites for hydroxylation is 1. The molecule has 2 heterocycles. The van der Waals surface area contributed by atoms with Crippen molar-refractivity contribution in [3.05, 3.63) is 72.2 Å². The van der Waals surface area contributed by atoms with E-state index in [-0.39, 0.29) is 31.4 Å². The zero-order valence-corrected chi connectivity index (χ0v) is 18.3. The smallest absolute Gasteiger partial charge is 0.326 e. The molecular weight excluding hydrogens is 424 g/mol. The van der Waals surface area contributed by atoms with Crippen LogP contribution in [0.4, 0.5) is 21.9 Å². The molecule has 9 nitrogen and oxygen atoms in total. The van der Waals surface area contributed by atoms with Crippen molar-refractivity contribution in [2.45, 2.75) is 13.5 Å². The summed E-state index contributed by atoms with van der Waals surface area (Å²) in [5.41, 5.74) is 1.60. The van der Waals surface area contributed by atoms with Gasteiger partial charge < -0.3 is 19.8 Å². The fraction of sp³-hybridized carbons (Fsp3) is 0.208. The largest absolute Gasteiger partial charge is 0.497 e. The standard InChI is InChI=1S/C24H24N4O5/c1-16-7-10-19(33-16)13-25-22(29)14-27-20-5-3-4-6-21(20)28(15-23(27)30)24(31)26-17-8-11-18(32-2)12-9-17/h3-12H,13-15H2,1-2H3,(H,25,29)(H,26,31). The quantitative estimate of drug-likeness (QED) is 0.602. The van der Waals surface area contributed by atoms with Crippen LogP contribution in [0.5, 0.6) is 5.75 Å². The van der Waals surface area contributed by atoms with Crippen LogP contribution in [0.2, 0.25) is 0 Å². The molecule has 1 aliphatic heterocycles. The lowest BCUT2D eigenvalue weighted by molar-refractivity contribution is -0.123. The van der Waals surface area contributed by atoms with Crippen LogP contribution in [0.25, 0.3) is 0 Å². The fourth-order valence-corrected chi connectivity index (χ4v) is 3.55. The number of anilines is 3. The minimum absolute atomic E-state index is 0.163. The van der Waals surface area contributed by atoms with Gasteiger partial charge in [0.1, 0.15) is 30.4 Å². The van der Waals surface area contributed by atoms with Crippen LogP contribution < -0.4 is 25.2 Å². The highest BCUT2D eigenvalue weighted by atomic mass is 16.5. The van der Waals surface area contributed by atoms with Crippen molar-refractivity contribution in [3.8, 4) is 5.75 Å². The number of benzene rings is 2. The van der Waals surface area contributed by atoms with Crippen LogP contribution in [-0.2, 0) is 16.1 Å². The molecule has 4 rings (SSSR count). The van der Waals surface area contributed by atoms with E-state index in [0.29, 0.717) is 28.6 Å². The van der Waals surface area contributed by atoms with Gasteiger partial charge in [-0.15, -0.1) is 0 Å². The molecule has 9 heteroatoms. The van der Waals surface area contributed by atoms with E-state index in [9.17, 15) is 14.4 Å². The first-order chi connectivity index (χ1) is 15.9. The van der Waals surface area contributed by atoms with Crippen LogP contribution in [0.1, 0.15) is 11.5 Å². The van der Waals surface area contributed by atoms with Crippen molar-refractivity contribution in [3.63, 3.8) is 0 Å². The Bertz CT molecular complexity index is 1170. The summed E-state index contributed by atoms with van der Waals surface area (Å²) in [6.07, 6.45) is 0. The Hall–Kier alpha value is -4.27. The van der Waals surface area contributed by atoms with Gasteiger partial charge in [0.2, 0.25) is 11.8 Å². The molecule has 170 valence electrons. The molecule has 33 heavy (non-hydrogen) atoms. The third-order valence-corrected chi connectivity index (χ3v) is 5.20. The van der Waals surface area contributed by atoms with Gasteiger partial charge in [-0.25, -0.2) is 4.79 Å². The number of fused-ring (bicyclic) bond motifs is 1. The van der Waals surface area contributed by atoms with Gasteiger partial charge in [-0.1, -0.05) is 12.1 Å². The number of carbonyl (C=O) groups excluding carboxylic acids is 3. The summed E-state index contributed by atoms with van der Waals surface area (Å²) in [6, 6.07) is 17.0. The summed E-state index contributed by atoms with van der Waals surface area (Å²) in [4.78, 5) is 41.1. The summed E-state index contributed by atoms with van der Waals surface area (Å²) in [6.45, 7) is 1.70. The number of nitrogens with zero attached hydrogens (tertiary/aromatic N) is 2. The van der Waals surface area contributed by atoms with E-state index in [1.54, 1.807) is 61.7 Å². The highest BCUT2D eigenvalue weighted by molar-refractivity contribution is 6.15. The average Bonchev–Trinajstić information content (AvgIpc) is 3.25. The molecular formula is C24H24N4O5. The number of hydrogen-bond acceptors (Lipinski definition) is 5. The predicted molar refractivity (Wildman–Crippen MR) is 123 cm³/mol. The Morgan fingerprint density at radius 1 is 1.03 bits per heavy atom. The number of para-hydroxylation sites is 2.